The Hall–Kier alpha value is -1.46. The van der Waals surface area contributed by atoms with Crippen LogP contribution >= 0.6 is 11.3 Å². The predicted octanol–water partition coefficient (Wildman–Crippen LogP) is 2.61. The fourth-order valence-electron chi connectivity index (χ4n) is 1.67. The number of anilines is 1. The second kappa shape index (κ2) is 5.46. The number of aromatic nitrogens is 1. The lowest BCUT2D eigenvalue weighted by Crippen LogP contribution is -2.40. The third-order valence-electron chi connectivity index (χ3n) is 3.16. The van der Waals surface area contributed by atoms with Gasteiger partial charge in [0.25, 0.3) is 0 Å². The number of nitrogens with two attached hydrogens (primary N) is 1. The van der Waals surface area contributed by atoms with E-state index in [2.05, 4.69) is 10.3 Å². The summed E-state index contributed by atoms with van der Waals surface area (Å²) in [5.41, 5.74) is 9.40. The van der Waals surface area contributed by atoms with Crippen molar-refractivity contribution < 1.29 is 4.79 Å². The highest BCUT2D eigenvalue weighted by Crippen LogP contribution is 2.22. The predicted molar refractivity (Wildman–Crippen MR) is 75.7 cm³/mol. The zero-order valence-corrected chi connectivity index (χ0v) is 11.3. The van der Waals surface area contributed by atoms with Crippen LogP contribution in [-0.2, 0) is 4.79 Å². The van der Waals surface area contributed by atoms with Crippen LogP contribution in [0.4, 0.5) is 5.69 Å². The van der Waals surface area contributed by atoms with Crippen LogP contribution in [0.15, 0.2) is 23.7 Å². The molecule has 2 atom stereocenters. The van der Waals surface area contributed by atoms with Crippen molar-refractivity contribution in [1.82, 2.24) is 4.98 Å². The van der Waals surface area contributed by atoms with Gasteiger partial charge < -0.3 is 11.1 Å². The van der Waals surface area contributed by atoms with Gasteiger partial charge in [0, 0.05) is 5.69 Å². The standard InChI is InChI=1S/C13H17N3OS/c1-3-8(2)12(14)13(17)16-9-4-5-10-11(6-9)18-7-15-10/h4-8,12H,3,14H2,1-2H3,(H,16,17)/t8?,12-/m0/s1. The van der Waals surface area contributed by atoms with Gasteiger partial charge >= 0.3 is 0 Å². The average molecular weight is 263 g/mol. The van der Waals surface area contributed by atoms with Gasteiger partial charge in [-0.3, -0.25) is 4.79 Å². The number of fused-ring (bicyclic) bond motifs is 1. The van der Waals surface area contributed by atoms with E-state index < -0.39 is 6.04 Å². The highest BCUT2D eigenvalue weighted by molar-refractivity contribution is 7.16. The van der Waals surface area contributed by atoms with E-state index in [1.165, 1.54) is 0 Å². The van der Waals surface area contributed by atoms with E-state index >= 15 is 0 Å². The largest absolute Gasteiger partial charge is 0.325 e. The van der Waals surface area contributed by atoms with Gasteiger partial charge in [-0.1, -0.05) is 20.3 Å². The van der Waals surface area contributed by atoms with Gasteiger partial charge in [-0.25, -0.2) is 4.98 Å². The minimum Gasteiger partial charge on any atom is -0.325 e. The van der Waals surface area contributed by atoms with Crippen LogP contribution in [0.2, 0.25) is 0 Å². The molecule has 2 rings (SSSR count). The van der Waals surface area contributed by atoms with Gasteiger partial charge in [0.15, 0.2) is 0 Å². The maximum atomic E-state index is 11.9. The Morgan fingerprint density at radius 1 is 1.56 bits per heavy atom. The molecular weight excluding hydrogens is 246 g/mol. The van der Waals surface area contributed by atoms with Crippen LogP contribution in [0.1, 0.15) is 20.3 Å². The monoisotopic (exact) mass is 263 g/mol. The van der Waals surface area contributed by atoms with Crippen LogP contribution in [0.25, 0.3) is 10.2 Å². The maximum absolute atomic E-state index is 11.9. The van der Waals surface area contributed by atoms with E-state index in [1.807, 2.05) is 32.0 Å². The van der Waals surface area contributed by atoms with Crippen molar-refractivity contribution in [3.8, 4) is 0 Å². The Morgan fingerprint density at radius 2 is 2.33 bits per heavy atom. The molecule has 1 unspecified atom stereocenters. The van der Waals surface area contributed by atoms with Gasteiger partial charge in [0.1, 0.15) is 0 Å². The van der Waals surface area contributed by atoms with Crippen molar-refractivity contribution in [2.24, 2.45) is 11.7 Å². The van der Waals surface area contributed by atoms with E-state index in [0.29, 0.717) is 0 Å². The fourth-order valence-corrected chi connectivity index (χ4v) is 2.39. The smallest absolute Gasteiger partial charge is 0.241 e. The summed E-state index contributed by atoms with van der Waals surface area (Å²) < 4.78 is 1.06. The lowest BCUT2D eigenvalue weighted by Gasteiger charge is -2.17. The lowest BCUT2D eigenvalue weighted by molar-refractivity contribution is -0.118. The maximum Gasteiger partial charge on any atom is 0.241 e. The number of carbonyl (C=O) groups is 1. The first-order valence-electron chi connectivity index (χ1n) is 6.01. The third kappa shape index (κ3) is 2.68. The molecule has 0 aliphatic rings. The van der Waals surface area contributed by atoms with Gasteiger partial charge in [-0.15, -0.1) is 11.3 Å². The molecule has 5 heteroatoms. The molecule has 0 saturated heterocycles. The number of hydrogen-bond acceptors (Lipinski definition) is 4. The Balaban J connectivity index is 2.10. The molecule has 0 bridgehead atoms. The summed E-state index contributed by atoms with van der Waals surface area (Å²) in [6.07, 6.45) is 0.891. The molecule has 0 aliphatic heterocycles. The minimum absolute atomic E-state index is 0.131. The number of amides is 1. The SMILES string of the molecule is CCC(C)[C@H](N)C(=O)Nc1ccc2ncsc2c1. The molecule has 0 radical (unpaired) electrons. The van der Waals surface area contributed by atoms with E-state index in [0.717, 1.165) is 22.3 Å². The average Bonchev–Trinajstić information content (AvgIpc) is 2.84. The quantitative estimate of drug-likeness (QED) is 0.891. The van der Waals surface area contributed by atoms with Crippen LogP contribution in [-0.4, -0.2) is 16.9 Å². The summed E-state index contributed by atoms with van der Waals surface area (Å²) in [4.78, 5) is 16.1. The zero-order valence-electron chi connectivity index (χ0n) is 10.5. The van der Waals surface area contributed by atoms with Crippen LogP contribution in [0, 0.1) is 5.92 Å². The van der Waals surface area contributed by atoms with Crippen molar-refractivity contribution in [3.05, 3.63) is 23.7 Å². The Kier molecular flexibility index (Phi) is 3.93. The van der Waals surface area contributed by atoms with Crippen LogP contribution in [0.3, 0.4) is 0 Å². The molecule has 1 aromatic carbocycles. The number of rotatable bonds is 4. The molecule has 4 nitrogen and oxygen atoms in total. The molecule has 0 fully saturated rings. The molecule has 2 aromatic rings. The summed E-state index contributed by atoms with van der Waals surface area (Å²) in [6.45, 7) is 4.01. The second-order valence-corrected chi connectivity index (χ2v) is 5.32. The molecule has 1 heterocycles. The van der Waals surface area contributed by atoms with Crippen molar-refractivity contribution in [3.63, 3.8) is 0 Å². The first-order valence-corrected chi connectivity index (χ1v) is 6.89. The van der Waals surface area contributed by atoms with Crippen molar-refractivity contribution in [2.45, 2.75) is 26.3 Å². The molecule has 96 valence electrons. The minimum atomic E-state index is -0.466. The normalized spacial score (nSPS) is 14.4. The Labute approximate surface area is 110 Å². The number of hydrogen-bond donors (Lipinski definition) is 2. The number of benzene rings is 1. The van der Waals surface area contributed by atoms with E-state index in [4.69, 9.17) is 5.73 Å². The second-order valence-electron chi connectivity index (χ2n) is 4.44. The van der Waals surface area contributed by atoms with Gasteiger partial charge in [-0.05, 0) is 24.1 Å². The van der Waals surface area contributed by atoms with E-state index in [-0.39, 0.29) is 11.8 Å². The molecule has 3 N–H and O–H groups in total. The lowest BCUT2D eigenvalue weighted by atomic mass is 9.99. The molecule has 1 amide bonds. The molecule has 0 saturated carbocycles. The Bertz CT molecular complexity index is 552. The van der Waals surface area contributed by atoms with Crippen LogP contribution < -0.4 is 11.1 Å². The number of nitrogens with zero attached hydrogens (tertiary/aromatic N) is 1. The van der Waals surface area contributed by atoms with Crippen molar-refractivity contribution in [2.75, 3.05) is 5.32 Å². The Morgan fingerprint density at radius 3 is 3.06 bits per heavy atom. The first kappa shape index (κ1) is 13.0. The molecular formula is C13H17N3OS. The highest BCUT2D eigenvalue weighted by Gasteiger charge is 2.19. The number of nitrogens with one attached hydrogen (secondary N) is 1. The highest BCUT2D eigenvalue weighted by atomic mass is 32.1. The third-order valence-corrected chi connectivity index (χ3v) is 3.95. The summed E-state index contributed by atoms with van der Waals surface area (Å²) in [5, 5.41) is 2.85. The first-order chi connectivity index (χ1) is 8.61. The van der Waals surface area contributed by atoms with Gasteiger partial charge in [-0.2, -0.15) is 0 Å². The molecule has 0 aliphatic carbocycles. The van der Waals surface area contributed by atoms with E-state index in [1.54, 1.807) is 16.8 Å². The van der Waals surface area contributed by atoms with Gasteiger partial charge in [0.05, 0.1) is 21.8 Å². The number of thiazole rings is 1. The summed E-state index contributed by atoms with van der Waals surface area (Å²) in [5.74, 6) is 0.0466. The summed E-state index contributed by atoms with van der Waals surface area (Å²) in [7, 11) is 0. The molecule has 1 aromatic heterocycles. The zero-order chi connectivity index (χ0) is 13.1. The summed E-state index contributed by atoms with van der Waals surface area (Å²) in [6, 6.07) is 5.21. The van der Waals surface area contributed by atoms with Crippen molar-refractivity contribution >= 4 is 33.1 Å². The fraction of sp³-hybridized carbons (Fsp3) is 0.385. The van der Waals surface area contributed by atoms with E-state index in [9.17, 15) is 4.79 Å². The molecule has 18 heavy (non-hydrogen) atoms. The molecule has 0 spiro atoms. The summed E-state index contributed by atoms with van der Waals surface area (Å²) >= 11 is 1.55. The topological polar surface area (TPSA) is 68.0 Å². The number of carbonyl (C=O) groups excluding carboxylic acids is 1. The van der Waals surface area contributed by atoms with Gasteiger partial charge in [0.2, 0.25) is 5.91 Å². The van der Waals surface area contributed by atoms with Crippen LogP contribution in [0.5, 0.6) is 0 Å². The van der Waals surface area contributed by atoms with Crippen molar-refractivity contribution in [1.29, 1.82) is 0 Å².